The van der Waals surface area contributed by atoms with E-state index < -0.39 is 0 Å². The van der Waals surface area contributed by atoms with Crippen LogP contribution in [0.5, 0.6) is 0 Å². The van der Waals surface area contributed by atoms with Gasteiger partial charge in [-0.15, -0.1) is 0 Å². The van der Waals surface area contributed by atoms with E-state index in [1.807, 2.05) is 60.7 Å². The van der Waals surface area contributed by atoms with Crippen LogP contribution in [0.25, 0.3) is 0 Å². The molecule has 24 heavy (non-hydrogen) atoms. The lowest BCUT2D eigenvalue weighted by atomic mass is 9.88. The van der Waals surface area contributed by atoms with Crippen LogP contribution in [0.2, 0.25) is 0 Å². The number of benzene rings is 2. The van der Waals surface area contributed by atoms with Gasteiger partial charge < -0.3 is 9.64 Å². The second-order valence-corrected chi connectivity index (χ2v) is 5.63. The van der Waals surface area contributed by atoms with Crippen LogP contribution in [0, 0.1) is 0 Å². The summed E-state index contributed by atoms with van der Waals surface area (Å²) in [6, 6.07) is 19.9. The molecule has 4 nitrogen and oxygen atoms in total. The van der Waals surface area contributed by atoms with E-state index in [4.69, 9.17) is 4.74 Å². The highest BCUT2D eigenvalue weighted by Crippen LogP contribution is 2.28. The fraction of sp³-hybridized carbons (Fsp3) is 0.300. The number of hydrogen-bond donors (Lipinski definition) is 0. The summed E-state index contributed by atoms with van der Waals surface area (Å²) in [6.07, 6.45) is 0.309. The van der Waals surface area contributed by atoms with Gasteiger partial charge >= 0.3 is 5.97 Å². The summed E-state index contributed by atoms with van der Waals surface area (Å²) in [5.74, 6) is -0.505. The first kappa shape index (κ1) is 17.7. The fourth-order valence-electron chi connectivity index (χ4n) is 2.62. The van der Waals surface area contributed by atoms with Crippen LogP contribution in [-0.4, -0.2) is 37.0 Å². The van der Waals surface area contributed by atoms with Crippen LogP contribution in [0.1, 0.15) is 30.4 Å². The van der Waals surface area contributed by atoms with E-state index in [0.717, 1.165) is 11.1 Å². The van der Waals surface area contributed by atoms with Crippen LogP contribution in [0.15, 0.2) is 60.7 Å². The minimum atomic E-state index is -0.385. The van der Waals surface area contributed by atoms with Crippen molar-refractivity contribution in [1.82, 2.24) is 4.90 Å². The molecule has 126 valence electrons. The van der Waals surface area contributed by atoms with Gasteiger partial charge in [0.25, 0.3) is 0 Å². The summed E-state index contributed by atoms with van der Waals surface area (Å²) in [4.78, 5) is 25.6. The van der Waals surface area contributed by atoms with Crippen molar-refractivity contribution in [3.63, 3.8) is 0 Å². The number of carbonyl (C=O) groups excluding carboxylic acids is 2. The number of hydrogen-bond acceptors (Lipinski definition) is 3. The zero-order valence-corrected chi connectivity index (χ0v) is 14.1. The Morgan fingerprint density at radius 3 is 1.92 bits per heavy atom. The van der Waals surface area contributed by atoms with Crippen molar-refractivity contribution < 1.29 is 14.3 Å². The molecule has 0 atom stereocenters. The highest BCUT2D eigenvalue weighted by atomic mass is 16.5. The van der Waals surface area contributed by atoms with E-state index in [1.54, 1.807) is 14.0 Å². The molecule has 0 N–H and O–H groups in total. The number of amides is 1. The minimum absolute atomic E-state index is 0.0248. The number of carbonyl (C=O) groups is 2. The molecule has 0 aliphatic rings. The van der Waals surface area contributed by atoms with Crippen molar-refractivity contribution in [2.24, 2.45) is 0 Å². The molecule has 2 aromatic rings. The lowest BCUT2D eigenvalue weighted by Gasteiger charge is -2.22. The molecule has 0 spiro atoms. The Bertz CT molecular complexity index is 616. The van der Waals surface area contributed by atoms with Gasteiger partial charge in [0.1, 0.15) is 6.54 Å². The van der Waals surface area contributed by atoms with E-state index in [-0.39, 0.29) is 24.3 Å². The van der Waals surface area contributed by atoms with Crippen LogP contribution < -0.4 is 0 Å². The molecule has 0 unspecified atom stereocenters. The van der Waals surface area contributed by atoms with Crippen LogP contribution in [0.3, 0.4) is 0 Å². The van der Waals surface area contributed by atoms with Gasteiger partial charge in [-0.2, -0.15) is 0 Å². The Kier molecular flexibility index (Phi) is 6.55. The molecule has 1 amide bonds. The third-order valence-corrected chi connectivity index (χ3v) is 3.88. The zero-order chi connectivity index (χ0) is 17.4. The Hall–Kier alpha value is -2.62. The Morgan fingerprint density at radius 1 is 0.958 bits per heavy atom. The van der Waals surface area contributed by atoms with E-state index in [0.29, 0.717) is 13.0 Å². The first-order valence-electron chi connectivity index (χ1n) is 8.11. The number of rotatable bonds is 7. The Labute approximate surface area is 143 Å². The standard InChI is InChI=1S/C20H23NO3/c1-3-24-20(23)15-21(2)19(22)14-18(16-10-6-4-7-11-16)17-12-8-5-9-13-17/h4-13,18H,3,14-15H2,1-2H3. The first-order chi connectivity index (χ1) is 11.6. The second-order valence-electron chi connectivity index (χ2n) is 5.63. The van der Waals surface area contributed by atoms with Gasteiger partial charge in [-0.3, -0.25) is 9.59 Å². The molecule has 2 rings (SSSR count). The average molecular weight is 325 g/mol. The second kappa shape index (κ2) is 8.87. The summed E-state index contributed by atoms with van der Waals surface area (Å²) in [5, 5.41) is 0. The molecule has 0 fully saturated rings. The van der Waals surface area contributed by atoms with Crippen LogP contribution in [-0.2, 0) is 14.3 Å². The topological polar surface area (TPSA) is 46.6 Å². The molecular weight excluding hydrogens is 302 g/mol. The molecule has 0 bridgehead atoms. The van der Waals surface area contributed by atoms with Crippen molar-refractivity contribution >= 4 is 11.9 Å². The quantitative estimate of drug-likeness (QED) is 0.734. The van der Waals surface area contributed by atoms with E-state index >= 15 is 0 Å². The zero-order valence-electron chi connectivity index (χ0n) is 14.1. The smallest absolute Gasteiger partial charge is 0.325 e. The van der Waals surface area contributed by atoms with Gasteiger partial charge in [-0.1, -0.05) is 60.7 Å². The van der Waals surface area contributed by atoms with Gasteiger partial charge in [0.15, 0.2) is 0 Å². The van der Waals surface area contributed by atoms with E-state index in [1.165, 1.54) is 4.90 Å². The maximum absolute atomic E-state index is 12.6. The highest BCUT2D eigenvalue weighted by molar-refractivity contribution is 5.82. The molecule has 0 saturated carbocycles. The first-order valence-corrected chi connectivity index (χ1v) is 8.11. The normalized spacial score (nSPS) is 10.5. The summed E-state index contributed by atoms with van der Waals surface area (Å²) in [6.45, 7) is 2.04. The molecule has 0 aromatic heterocycles. The molecule has 0 heterocycles. The van der Waals surface area contributed by atoms with Gasteiger partial charge in [0, 0.05) is 19.4 Å². The Morgan fingerprint density at radius 2 is 1.46 bits per heavy atom. The maximum Gasteiger partial charge on any atom is 0.325 e. The summed E-state index contributed by atoms with van der Waals surface area (Å²) in [7, 11) is 1.63. The predicted octanol–water partition coefficient (Wildman–Crippen LogP) is 3.23. The summed E-state index contributed by atoms with van der Waals surface area (Å²) >= 11 is 0. The lowest BCUT2D eigenvalue weighted by molar-refractivity contribution is -0.148. The molecular formula is C20H23NO3. The minimum Gasteiger partial charge on any atom is -0.465 e. The van der Waals surface area contributed by atoms with Gasteiger partial charge in [-0.25, -0.2) is 0 Å². The van der Waals surface area contributed by atoms with Crippen molar-refractivity contribution in [2.75, 3.05) is 20.2 Å². The Balaban J connectivity index is 2.14. The predicted molar refractivity (Wildman–Crippen MR) is 93.6 cm³/mol. The van der Waals surface area contributed by atoms with Gasteiger partial charge in [-0.05, 0) is 18.1 Å². The van der Waals surface area contributed by atoms with Gasteiger partial charge in [0.2, 0.25) is 5.91 Å². The van der Waals surface area contributed by atoms with Crippen molar-refractivity contribution in [3.05, 3.63) is 71.8 Å². The molecule has 0 saturated heterocycles. The number of nitrogens with zero attached hydrogens (tertiary/aromatic N) is 1. The van der Waals surface area contributed by atoms with E-state index in [2.05, 4.69) is 0 Å². The van der Waals surface area contributed by atoms with Crippen LogP contribution >= 0.6 is 0 Å². The van der Waals surface area contributed by atoms with Crippen molar-refractivity contribution in [3.8, 4) is 0 Å². The third-order valence-electron chi connectivity index (χ3n) is 3.88. The maximum atomic E-state index is 12.6. The highest BCUT2D eigenvalue weighted by Gasteiger charge is 2.21. The van der Waals surface area contributed by atoms with Gasteiger partial charge in [0.05, 0.1) is 6.61 Å². The van der Waals surface area contributed by atoms with Crippen molar-refractivity contribution in [1.29, 1.82) is 0 Å². The number of likely N-dealkylation sites (N-methyl/N-ethyl adjacent to an activating group) is 1. The number of ether oxygens (including phenoxy) is 1. The third kappa shape index (κ3) is 4.95. The summed E-state index contributed by atoms with van der Waals surface area (Å²) in [5.41, 5.74) is 2.17. The van der Waals surface area contributed by atoms with E-state index in [9.17, 15) is 9.59 Å². The molecule has 4 heteroatoms. The summed E-state index contributed by atoms with van der Waals surface area (Å²) < 4.78 is 4.90. The monoisotopic (exact) mass is 325 g/mol. The molecule has 2 aromatic carbocycles. The largest absolute Gasteiger partial charge is 0.465 e. The van der Waals surface area contributed by atoms with Crippen LogP contribution in [0.4, 0.5) is 0 Å². The molecule has 0 aliphatic heterocycles. The van der Waals surface area contributed by atoms with Crippen molar-refractivity contribution in [2.45, 2.75) is 19.3 Å². The molecule has 0 radical (unpaired) electrons. The fourth-order valence-corrected chi connectivity index (χ4v) is 2.62. The number of esters is 1. The average Bonchev–Trinajstić information content (AvgIpc) is 2.61. The molecule has 0 aliphatic carbocycles. The SMILES string of the molecule is CCOC(=O)CN(C)C(=O)CC(c1ccccc1)c1ccccc1. The lowest BCUT2D eigenvalue weighted by Crippen LogP contribution is -2.34.